The molecule has 5 heteroatoms. The quantitative estimate of drug-likeness (QED) is 0.825. The average molecular weight is 232 g/mol. The van der Waals surface area contributed by atoms with Gasteiger partial charge < -0.3 is 14.8 Å². The van der Waals surface area contributed by atoms with Crippen LogP contribution in [-0.4, -0.2) is 22.2 Å². The summed E-state index contributed by atoms with van der Waals surface area (Å²) >= 11 is 0. The van der Waals surface area contributed by atoms with Crippen LogP contribution in [0.2, 0.25) is 0 Å². The lowest BCUT2D eigenvalue weighted by Crippen LogP contribution is -2.10. The minimum Gasteiger partial charge on any atom is -0.497 e. The van der Waals surface area contributed by atoms with E-state index >= 15 is 0 Å². The predicted octanol–water partition coefficient (Wildman–Crippen LogP) is 0.938. The van der Waals surface area contributed by atoms with Crippen LogP contribution in [0.25, 0.3) is 11.4 Å². The van der Waals surface area contributed by atoms with Crippen LogP contribution in [-0.2, 0) is 6.61 Å². The van der Waals surface area contributed by atoms with Crippen LogP contribution in [0, 0.1) is 0 Å². The van der Waals surface area contributed by atoms with Gasteiger partial charge in [0.1, 0.15) is 11.6 Å². The summed E-state index contributed by atoms with van der Waals surface area (Å²) in [4.78, 5) is 18.1. The van der Waals surface area contributed by atoms with Gasteiger partial charge in [0.2, 0.25) is 0 Å². The van der Waals surface area contributed by atoms with Crippen molar-refractivity contribution >= 4 is 0 Å². The second kappa shape index (κ2) is 4.80. The van der Waals surface area contributed by atoms with E-state index in [4.69, 9.17) is 9.84 Å². The number of aliphatic hydroxyl groups excluding tert-OH is 1. The molecule has 88 valence electrons. The van der Waals surface area contributed by atoms with Crippen LogP contribution in [0.3, 0.4) is 0 Å². The smallest absolute Gasteiger partial charge is 0.251 e. The number of nitrogens with one attached hydrogen (secondary N) is 1. The molecular formula is C12H12N2O3. The number of rotatable bonds is 3. The molecule has 1 heterocycles. The third-order valence-electron chi connectivity index (χ3n) is 2.32. The molecule has 0 atom stereocenters. The Labute approximate surface area is 97.7 Å². The summed E-state index contributed by atoms with van der Waals surface area (Å²) in [5.41, 5.74) is 0.827. The van der Waals surface area contributed by atoms with Gasteiger partial charge in [0.25, 0.3) is 5.56 Å². The molecule has 0 aliphatic carbocycles. The van der Waals surface area contributed by atoms with Crippen molar-refractivity contribution in [3.63, 3.8) is 0 Å². The first-order valence-corrected chi connectivity index (χ1v) is 5.08. The first-order chi connectivity index (χ1) is 8.22. The number of hydrogen-bond donors (Lipinski definition) is 2. The normalized spacial score (nSPS) is 10.2. The molecule has 0 saturated carbocycles. The summed E-state index contributed by atoms with van der Waals surface area (Å²) < 4.78 is 5.04. The molecular weight excluding hydrogens is 220 g/mol. The minimum absolute atomic E-state index is 0.257. The van der Waals surface area contributed by atoms with Crippen molar-refractivity contribution in [1.82, 2.24) is 9.97 Å². The third-order valence-corrected chi connectivity index (χ3v) is 2.32. The Morgan fingerprint density at radius 1 is 1.35 bits per heavy atom. The molecule has 0 bridgehead atoms. The Hall–Kier alpha value is -2.14. The van der Waals surface area contributed by atoms with Crippen molar-refractivity contribution in [2.75, 3.05) is 7.11 Å². The summed E-state index contributed by atoms with van der Waals surface area (Å²) in [6.45, 7) is -0.257. The Balaban J connectivity index is 2.44. The number of ether oxygens (including phenoxy) is 1. The number of nitrogens with zero attached hydrogens (tertiary/aromatic N) is 1. The van der Waals surface area contributed by atoms with E-state index in [1.165, 1.54) is 6.07 Å². The Morgan fingerprint density at radius 3 is 2.65 bits per heavy atom. The molecule has 0 radical (unpaired) electrons. The second-order valence-corrected chi connectivity index (χ2v) is 3.47. The zero-order chi connectivity index (χ0) is 12.3. The maximum absolute atomic E-state index is 11.3. The van der Waals surface area contributed by atoms with Crippen LogP contribution < -0.4 is 10.3 Å². The molecule has 0 fully saturated rings. The van der Waals surface area contributed by atoms with Gasteiger partial charge >= 0.3 is 0 Å². The summed E-state index contributed by atoms with van der Waals surface area (Å²) in [5.74, 6) is 1.17. The Morgan fingerprint density at radius 2 is 2.06 bits per heavy atom. The highest BCUT2D eigenvalue weighted by molar-refractivity contribution is 5.56. The summed E-state index contributed by atoms with van der Waals surface area (Å²) in [6, 6.07) is 8.41. The van der Waals surface area contributed by atoms with E-state index in [0.717, 1.165) is 11.3 Å². The standard InChI is InChI=1S/C12H12N2O3/c1-17-10-4-2-8(3-5-10)12-13-9(7-15)6-11(16)14-12/h2-6,15H,7H2,1H3,(H,13,14,16). The summed E-state index contributed by atoms with van der Waals surface area (Å²) in [5, 5.41) is 8.98. The highest BCUT2D eigenvalue weighted by atomic mass is 16.5. The highest BCUT2D eigenvalue weighted by Crippen LogP contribution is 2.18. The SMILES string of the molecule is COc1ccc(-c2nc(CO)cc(=O)[nH]2)cc1. The third kappa shape index (κ3) is 2.51. The van der Waals surface area contributed by atoms with E-state index < -0.39 is 0 Å². The molecule has 0 unspecified atom stereocenters. The molecule has 0 aliphatic heterocycles. The fourth-order valence-electron chi connectivity index (χ4n) is 1.47. The van der Waals surface area contributed by atoms with E-state index in [2.05, 4.69) is 9.97 Å². The van der Waals surface area contributed by atoms with Gasteiger partial charge in [-0.25, -0.2) is 4.98 Å². The molecule has 0 spiro atoms. The topological polar surface area (TPSA) is 75.2 Å². The molecule has 2 rings (SSSR count). The van der Waals surface area contributed by atoms with Gasteiger partial charge in [-0.3, -0.25) is 4.79 Å². The monoisotopic (exact) mass is 232 g/mol. The molecule has 2 aromatic rings. The molecule has 5 nitrogen and oxygen atoms in total. The van der Waals surface area contributed by atoms with Gasteiger partial charge in [0.15, 0.2) is 0 Å². The lowest BCUT2D eigenvalue weighted by molar-refractivity contribution is 0.276. The van der Waals surface area contributed by atoms with Crippen LogP contribution in [0.1, 0.15) is 5.69 Å². The van der Waals surface area contributed by atoms with E-state index in [9.17, 15) is 4.79 Å². The van der Waals surface area contributed by atoms with E-state index in [1.54, 1.807) is 31.4 Å². The highest BCUT2D eigenvalue weighted by Gasteiger charge is 2.03. The van der Waals surface area contributed by atoms with Crippen molar-refractivity contribution in [2.45, 2.75) is 6.61 Å². The molecule has 2 N–H and O–H groups in total. The minimum atomic E-state index is -0.283. The lowest BCUT2D eigenvalue weighted by Gasteiger charge is -2.04. The van der Waals surface area contributed by atoms with Crippen LogP contribution in [0.15, 0.2) is 35.1 Å². The van der Waals surface area contributed by atoms with Gasteiger partial charge in [0.05, 0.1) is 19.4 Å². The van der Waals surface area contributed by atoms with Crippen molar-refractivity contribution in [3.05, 3.63) is 46.4 Å². The Kier molecular flexibility index (Phi) is 3.20. The zero-order valence-corrected chi connectivity index (χ0v) is 9.30. The largest absolute Gasteiger partial charge is 0.497 e. The second-order valence-electron chi connectivity index (χ2n) is 3.47. The van der Waals surface area contributed by atoms with Crippen LogP contribution >= 0.6 is 0 Å². The number of aliphatic hydroxyl groups is 1. The van der Waals surface area contributed by atoms with Gasteiger partial charge in [0, 0.05) is 11.6 Å². The maximum atomic E-state index is 11.3. The average Bonchev–Trinajstić information content (AvgIpc) is 2.38. The number of hydrogen-bond acceptors (Lipinski definition) is 4. The predicted molar refractivity (Wildman–Crippen MR) is 62.8 cm³/mol. The van der Waals surface area contributed by atoms with Gasteiger partial charge in [-0.1, -0.05) is 0 Å². The van der Waals surface area contributed by atoms with Crippen molar-refractivity contribution in [2.24, 2.45) is 0 Å². The van der Waals surface area contributed by atoms with Gasteiger partial charge in [-0.05, 0) is 24.3 Å². The zero-order valence-electron chi connectivity index (χ0n) is 9.30. The molecule has 0 saturated heterocycles. The number of aromatic amines is 1. The van der Waals surface area contributed by atoms with Crippen LogP contribution in [0.5, 0.6) is 5.75 Å². The summed E-state index contributed by atoms with van der Waals surface area (Å²) in [6.07, 6.45) is 0. The fraction of sp³-hybridized carbons (Fsp3) is 0.167. The number of benzene rings is 1. The van der Waals surface area contributed by atoms with Gasteiger partial charge in [-0.15, -0.1) is 0 Å². The first kappa shape index (κ1) is 11.3. The lowest BCUT2D eigenvalue weighted by atomic mass is 10.2. The maximum Gasteiger partial charge on any atom is 0.251 e. The van der Waals surface area contributed by atoms with Crippen LogP contribution in [0.4, 0.5) is 0 Å². The molecule has 0 aliphatic rings. The summed E-state index contributed by atoms with van der Waals surface area (Å²) in [7, 11) is 1.58. The molecule has 1 aromatic heterocycles. The number of aromatic nitrogens is 2. The molecule has 17 heavy (non-hydrogen) atoms. The van der Waals surface area contributed by atoms with E-state index in [1.807, 2.05) is 0 Å². The van der Waals surface area contributed by atoms with Crippen molar-refractivity contribution in [3.8, 4) is 17.1 Å². The molecule has 0 amide bonds. The van der Waals surface area contributed by atoms with Crippen molar-refractivity contribution in [1.29, 1.82) is 0 Å². The van der Waals surface area contributed by atoms with E-state index in [0.29, 0.717) is 11.5 Å². The van der Waals surface area contributed by atoms with E-state index in [-0.39, 0.29) is 12.2 Å². The fourth-order valence-corrected chi connectivity index (χ4v) is 1.47. The van der Waals surface area contributed by atoms with Gasteiger partial charge in [-0.2, -0.15) is 0 Å². The number of H-pyrrole nitrogens is 1. The molecule has 1 aromatic carbocycles. The first-order valence-electron chi connectivity index (χ1n) is 5.08. The Bertz CT molecular complexity index is 561. The van der Waals surface area contributed by atoms with Crippen molar-refractivity contribution < 1.29 is 9.84 Å². The number of methoxy groups -OCH3 is 1.